The summed E-state index contributed by atoms with van der Waals surface area (Å²) in [4.78, 5) is 21.7. The summed E-state index contributed by atoms with van der Waals surface area (Å²) in [5.41, 5.74) is 0. The van der Waals surface area contributed by atoms with E-state index in [0.717, 1.165) is 0 Å². The smallest absolute Gasteiger partial charge is 0.324 e. The van der Waals surface area contributed by atoms with E-state index in [1.165, 1.54) is 0 Å². The molecular formula is C4H14NO5P. The number of aliphatic hydroxyl groups excluding tert-OH is 2. The first-order valence-electron chi connectivity index (χ1n) is 2.94. The van der Waals surface area contributed by atoms with Crippen molar-refractivity contribution in [2.24, 2.45) is 0 Å². The first kappa shape index (κ1) is 13.8. The van der Waals surface area contributed by atoms with E-state index in [9.17, 15) is 0 Å². The van der Waals surface area contributed by atoms with Gasteiger partial charge in [-0.05, 0) is 0 Å². The Morgan fingerprint density at radius 3 is 1.36 bits per heavy atom. The molecule has 0 saturated carbocycles. The van der Waals surface area contributed by atoms with Gasteiger partial charge in [0.15, 0.2) is 0 Å². The Labute approximate surface area is 66.1 Å². The number of nitrogens with one attached hydrogen (secondary N) is 1. The maximum atomic E-state index is 8.15. The van der Waals surface area contributed by atoms with Gasteiger partial charge in [-0.3, -0.25) is 0 Å². The van der Waals surface area contributed by atoms with E-state index in [1.807, 2.05) is 0 Å². The van der Waals surface area contributed by atoms with Crippen molar-refractivity contribution in [3.8, 4) is 0 Å². The van der Waals surface area contributed by atoms with Gasteiger partial charge in [0.1, 0.15) is 0 Å². The van der Waals surface area contributed by atoms with Gasteiger partial charge < -0.3 is 30.2 Å². The fourth-order valence-corrected chi connectivity index (χ4v) is 0.283. The molecule has 0 heterocycles. The Morgan fingerprint density at radius 1 is 0.909 bits per heavy atom. The molecule has 0 bridgehead atoms. The van der Waals surface area contributed by atoms with Gasteiger partial charge >= 0.3 is 8.60 Å². The zero-order chi connectivity index (χ0) is 9.11. The maximum absolute atomic E-state index is 8.15. The Kier molecular flexibility index (Phi) is 16.0. The van der Waals surface area contributed by atoms with Crippen LogP contribution in [-0.2, 0) is 0 Å². The maximum Gasteiger partial charge on any atom is 0.324 e. The lowest BCUT2D eigenvalue weighted by Crippen LogP contribution is -2.21. The van der Waals surface area contributed by atoms with Crippen LogP contribution >= 0.6 is 8.60 Å². The Balaban J connectivity index is 0. The first-order valence-corrected chi connectivity index (χ1v) is 4.14. The van der Waals surface area contributed by atoms with Crippen LogP contribution in [0.2, 0.25) is 0 Å². The van der Waals surface area contributed by atoms with Gasteiger partial charge in [0.25, 0.3) is 0 Å². The lowest BCUT2D eigenvalue weighted by molar-refractivity contribution is 0.266. The molecule has 11 heavy (non-hydrogen) atoms. The van der Waals surface area contributed by atoms with Gasteiger partial charge in [0.2, 0.25) is 0 Å². The van der Waals surface area contributed by atoms with Gasteiger partial charge in [-0.2, -0.15) is 0 Å². The Morgan fingerprint density at radius 2 is 1.18 bits per heavy atom. The summed E-state index contributed by atoms with van der Waals surface area (Å²) < 4.78 is 0. The summed E-state index contributed by atoms with van der Waals surface area (Å²) in [6.45, 7) is 1.42. The van der Waals surface area contributed by atoms with E-state index >= 15 is 0 Å². The van der Waals surface area contributed by atoms with E-state index in [0.29, 0.717) is 13.1 Å². The van der Waals surface area contributed by atoms with Crippen molar-refractivity contribution in [2.75, 3.05) is 26.3 Å². The summed E-state index contributed by atoms with van der Waals surface area (Å²) in [5.74, 6) is 0. The van der Waals surface area contributed by atoms with Crippen LogP contribution in [-0.4, -0.2) is 51.2 Å². The summed E-state index contributed by atoms with van der Waals surface area (Å²) in [7, 11) is -2.62. The number of rotatable bonds is 4. The molecule has 70 valence electrons. The summed E-state index contributed by atoms with van der Waals surface area (Å²) in [5, 5.41) is 19.1. The first-order chi connectivity index (χ1) is 5.15. The van der Waals surface area contributed by atoms with Crippen LogP contribution in [0.5, 0.6) is 0 Å². The molecule has 0 rings (SSSR count). The fraction of sp³-hybridized carbons (Fsp3) is 1.00. The minimum absolute atomic E-state index is 0.139. The molecule has 0 aliphatic heterocycles. The molecule has 0 amide bonds. The van der Waals surface area contributed by atoms with Crippen molar-refractivity contribution in [3.05, 3.63) is 0 Å². The third kappa shape index (κ3) is 38.9. The van der Waals surface area contributed by atoms with Crippen LogP contribution < -0.4 is 5.32 Å². The van der Waals surface area contributed by atoms with E-state index in [4.69, 9.17) is 24.9 Å². The molecule has 6 N–H and O–H groups in total. The minimum atomic E-state index is -2.62. The van der Waals surface area contributed by atoms with Crippen LogP contribution in [0, 0.1) is 0 Å². The van der Waals surface area contributed by atoms with Crippen molar-refractivity contribution < 1.29 is 24.9 Å². The van der Waals surface area contributed by atoms with Crippen LogP contribution in [0.3, 0.4) is 0 Å². The highest BCUT2D eigenvalue weighted by Gasteiger charge is 1.78. The highest BCUT2D eigenvalue weighted by Crippen LogP contribution is 2.11. The standard InChI is InChI=1S/C4H11NO2.H3O3P/c6-3-1-5-2-4-7;1-4(2)3/h5-7H,1-4H2;1-3H. The van der Waals surface area contributed by atoms with Crippen LogP contribution in [0.4, 0.5) is 0 Å². The predicted molar refractivity (Wildman–Crippen MR) is 40.6 cm³/mol. The Hall–Kier alpha value is 0.190. The highest BCUT2D eigenvalue weighted by molar-refractivity contribution is 7.38. The van der Waals surface area contributed by atoms with Gasteiger partial charge in [-0.15, -0.1) is 0 Å². The SMILES string of the molecule is OCCNCCO.OP(O)O. The molecule has 0 aliphatic carbocycles. The highest BCUT2D eigenvalue weighted by atomic mass is 31.2. The molecule has 0 atom stereocenters. The Bertz CT molecular complexity index is 57.7. The molecule has 0 spiro atoms. The fourth-order valence-electron chi connectivity index (χ4n) is 0.283. The molecule has 0 fully saturated rings. The second-order valence-electron chi connectivity index (χ2n) is 1.47. The lowest BCUT2D eigenvalue weighted by atomic mass is 10.6. The van der Waals surface area contributed by atoms with E-state index in [2.05, 4.69) is 5.32 Å². The molecule has 0 aliphatic rings. The zero-order valence-electron chi connectivity index (χ0n) is 6.01. The van der Waals surface area contributed by atoms with Crippen molar-refractivity contribution in [2.45, 2.75) is 0 Å². The molecule has 0 radical (unpaired) electrons. The second kappa shape index (κ2) is 12.8. The molecule has 0 aromatic heterocycles. The van der Waals surface area contributed by atoms with Crippen LogP contribution in [0.15, 0.2) is 0 Å². The topological polar surface area (TPSA) is 113 Å². The predicted octanol–water partition coefficient (Wildman–Crippen LogP) is -2.25. The van der Waals surface area contributed by atoms with Crippen LogP contribution in [0.25, 0.3) is 0 Å². The second-order valence-corrected chi connectivity index (χ2v) is 2.00. The van der Waals surface area contributed by atoms with Crippen molar-refractivity contribution in [1.82, 2.24) is 5.32 Å². The molecule has 0 saturated heterocycles. The van der Waals surface area contributed by atoms with Gasteiger partial charge in [0, 0.05) is 13.1 Å². The number of hydrogen-bond acceptors (Lipinski definition) is 6. The normalized spacial score (nSPS) is 9.27. The third-order valence-corrected chi connectivity index (χ3v) is 0.577. The van der Waals surface area contributed by atoms with Crippen molar-refractivity contribution in [3.63, 3.8) is 0 Å². The van der Waals surface area contributed by atoms with Crippen molar-refractivity contribution in [1.29, 1.82) is 0 Å². The summed E-state index contributed by atoms with van der Waals surface area (Å²) >= 11 is 0. The zero-order valence-corrected chi connectivity index (χ0v) is 6.91. The molecule has 0 unspecified atom stereocenters. The third-order valence-electron chi connectivity index (χ3n) is 0.577. The minimum Gasteiger partial charge on any atom is -0.395 e. The number of aliphatic hydroxyl groups is 2. The average Bonchev–Trinajstić information content (AvgIpc) is 1.88. The van der Waals surface area contributed by atoms with Crippen molar-refractivity contribution >= 4 is 8.60 Å². The van der Waals surface area contributed by atoms with Gasteiger partial charge in [-0.1, -0.05) is 0 Å². The van der Waals surface area contributed by atoms with Gasteiger partial charge in [0.05, 0.1) is 13.2 Å². The van der Waals surface area contributed by atoms with E-state index in [-0.39, 0.29) is 13.2 Å². The van der Waals surface area contributed by atoms with E-state index in [1.54, 1.807) is 0 Å². The molecule has 7 heteroatoms. The molecule has 6 nitrogen and oxygen atoms in total. The molecule has 0 aromatic carbocycles. The van der Waals surface area contributed by atoms with Crippen LogP contribution in [0.1, 0.15) is 0 Å². The van der Waals surface area contributed by atoms with Gasteiger partial charge in [-0.25, -0.2) is 0 Å². The lowest BCUT2D eigenvalue weighted by Gasteiger charge is -1.94. The summed E-state index contributed by atoms with van der Waals surface area (Å²) in [6, 6.07) is 0. The molecule has 0 aromatic rings. The average molecular weight is 187 g/mol. The number of hydrogen-bond donors (Lipinski definition) is 6. The largest absolute Gasteiger partial charge is 0.395 e. The van der Waals surface area contributed by atoms with E-state index < -0.39 is 8.60 Å². The summed E-state index contributed by atoms with van der Waals surface area (Å²) in [6.07, 6.45) is 0. The molecular weight excluding hydrogens is 173 g/mol. The quantitative estimate of drug-likeness (QED) is 0.219. The monoisotopic (exact) mass is 187 g/mol.